The Morgan fingerprint density at radius 3 is 2.59 bits per heavy atom. The molecule has 1 aliphatic heterocycles. The van der Waals surface area contributed by atoms with Crippen molar-refractivity contribution in [2.75, 3.05) is 33.4 Å². The Morgan fingerprint density at radius 1 is 1.24 bits per heavy atom. The van der Waals surface area contributed by atoms with Crippen LogP contribution in [0.2, 0.25) is 0 Å². The summed E-state index contributed by atoms with van der Waals surface area (Å²) >= 11 is 0. The Hall–Kier alpha value is -0.120. The Morgan fingerprint density at radius 2 is 2.00 bits per heavy atom. The van der Waals surface area contributed by atoms with Crippen molar-refractivity contribution in [2.24, 2.45) is 5.41 Å². The molecule has 2 rings (SSSR count). The first-order chi connectivity index (χ1) is 8.26. The van der Waals surface area contributed by atoms with E-state index in [1.54, 1.807) is 0 Å². The predicted octanol–water partition coefficient (Wildman–Crippen LogP) is 2.04. The lowest BCUT2D eigenvalue weighted by Gasteiger charge is -2.41. The fourth-order valence-corrected chi connectivity index (χ4v) is 3.39. The quantitative estimate of drug-likeness (QED) is 0.817. The van der Waals surface area contributed by atoms with E-state index in [2.05, 4.69) is 11.9 Å². The summed E-state index contributed by atoms with van der Waals surface area (Å²) in [7, 11) is 2.22. The average molecular weight is 241 g/mol. The van der Waals surface area contributed by atoms with Crippen molar-refractivity contribution in [2.45, 2.75) is 51.0 Å². The number of aliphatic hydroxyl groups is 1. The molecule has 1 heterocycles. The Bertz CT molecular complexity index is 220. The standard InChI is InChI=1S/C14H27NO2/c1-15(13-6-3-2-4-7-13)10-14(11-16)8-5-9-17-12-14/h13,16H,2-12H2,1H3. The van der Waals surface area contributed by atoms with Gasteiger partial charge in [-0.1, -0.05) is 19.3 Å². The molecule has 0 spiro atoms. The van der Waals surface area contributed by atoms with Gasteiger partial charge in [-0.15, -0.1) is 0 Å². The molecule has 3 heteroatoms. The van der Waals surface area contributed by atoms with E-state index >= 15 is 0 Å². The number of ether oxygens (including phenoxy) is 1. The van der Waals surface area contributed by atoms with Gasteiger partial charge in [-0.25, -0.2) is 0 Å². The second kappa shape index (κ2) is 6.17. The molecule has 0 bridgehead atoms. The van der Waals surface area contributed by atoms with Crippen molar-refractivity contribution >= 4 is 0 Å². The molecular weight excluding hydrogens is 214 g/mol. The van der Waals surface area contributed by atoms with E-state index in [-0.39, 0.29) is 12.0 Å². The second-order valence-electron chi connectivity index (χ2n) is 6.02. The summed E-state index contributed by atoms with van der Waals surface area (Å²) in [5, 5.41) is 9.68. The van der Waals surface area contributed by atoms with Gasteiger partial charge in [0, 0.05) is 24.6 Å². The van der Waals surface area contributed by atoms with Gasteiger partial charge in [-0.2, -0.15) is 0 Å². The highest BCUT2D eigenvalue weighted by Gasteiger charge is 2.35. The van der Waals surface area contributed by atoms with Crippen molar-refractivity contribution in [3.05, 3.63) is 0 Å². The summed E-state index contributed by atoms with van der Waals surface area (Å²) in [6, 6.07) is 0.731. The zero-order chi connectivity index (χ0) is 12.1. The highest BCUT2D eigenvalue weighted by molar-refractivity contribution is 4.86. The summed E-state index contributed by atoms with van der Waals surface area (Å²) in [4.78, 5) is 2.48. The highest BCUT2D eigenvalue weighted by Crippen LogP contribution is 2.31. The van der Waals surface area contributed by atoms with Crippen LogP contribution in [0.25, 0.3) is 0 Å². The average Bonchev–Trinajstić information content (AvgIpc) is 2.41. The minimum absolute atomic E-state index is 0.00441. The van der Waals surface area contributed by atoms with Crippen molar-refractivity contribution in [3.63, 3.8) is 0 Å². The lowest BCUT2D eigenvalue weighted by atomic mass is 9.82. The molecule has 2 fully saturated rings. The molecule has 0 aromatic carbocycles. The van der Waals surface area contributed by atoms with E-state index in [4.69, 9.17) is 4.74 Å². The van der Waals surface area contributed by atoms with Gasteiger partial charge in [0.15, 0.2) is 0 Å². The molecule has 1 N–H and O–H groups in total. The summed E-state index contributed by atoms with van der Waals surface area (Å²) in [6.07, 6.45) is 9.02. The van der Waals surface area contributed by atoms with Crippen LogP contribution in [0.4, 0.5) is 0 Å². The topological polar surface area (TPSA) is 32.7 Å². The maximum atomic E-state index is 9.68. The fourth-order valence-electron chi connectivity index (χ4n) is 3.39. The Balaban J connectivity index is 1.88. The van der Waals surface area contributed by atoms with Gasteiger partial charge in [0.05, 0.1) is 13.2 Å². The molecule has 0 radical (unpaired) electrons. The van der Waals surface area contributed by atoms with Gasteiger partial charge < -0.3 is 14.7 Å². The van der Waals surface area contributed by atoms with Gasteiger partial charge in [0.25, 0.3) is 0 Å². The first kappa shape index (κ1) is 13.3. The Labute approximate surface area is 105 Å². The predicted molar refractivity (Wildman–Crippen MR) is 69.1 cm³/mol. The highest BCUT2D eigenvalue weighted by atomic mass is 16.5. The lowest BCUT2D eigenvalue weighted by molar-refractivity contribution is -0.0587. The summed E-state index contributed by atoms with van der Waals surface area (Å²) < 4.78 is 5.58. The molecule has 3 nitrogen and oxygen atoms in total. The van der Waals surface area contributed by atoms with Crippen molar-refractivity contribution in [1.82, 2.24) is 4.90 Å². The molecule has 17 heavy (non-hydrogen) atoms. The number of nitrogens with zero attached hydrogens (tertiary/aromatic N) is 1. The first-order valence-corrected chi connectivity index (χ1v) is 7.15. The summed E-state index contributed by atoms with van der Waals surface area (Å²) in [6.45, 7) is 2.87. The minimum atomic E-state index is 0.00441. The Kier molecular flexibility index (Phi) is 4.83. The van der Waals surface area contributed by atoms with Crippen LogP contribution in [-0.2, 0) is 4.74 Å². The third-order valence-corrected chi connectivity index (χ3v) is 4.52. The maximum Gasteiger partial charge on any atom is 0.0556 e. The maximum absolute atomic E-state index is 9.68. The molecule has 1 aliphatic carbocycles. The van der Waals surface area contributed by atoms with Crippen LogP contribution < -0.4 is 0 Å². The normalized spacial score (nSPS) is 31.9. The summed E-state index contributed by atoms with van der Waals surface area (Å²) in [5.74, 6) is 0. The van der Waals surface area contributed by atoms with Gasteiger partial charge in [0.1, 0.15) is 0 Å². The van der Waals surface area contributed by atoms with E-state index in [9.17, 15) is 5.11 Å². The number of hydrogen-bond acceptors (Lipinski definition) is 3. The van der Waals surface area contributed by atoms with Crippen LogP contribution in [0.3, 0.4) is 0 Å². The molecule has 1 atom stereocenters. The number of hydrogen-bond donors (Lipinski definition) is 1. The monoisotopic (exact) mass is 241 g/mol. The zero-order valence-corrected chi connectivity index (χ0v) is 11.2. The van der Waals surface area contributed by atoms with E-state index in [0.717, 1.165) is 38.6 Å². The van der Waals surface area contributed by atoms with E-state index in [0.29, 0.717) is 0 Å². The van der Waals surface area contributed by atoms with Crippen LogP contribution in [0.1, 0.15) is 44.9 Å². The van der Waals surface area contributed by atoms with Gasteiger partial charge in [0.2, 0.25) is 0 Å². The fraction of sp³-hybridized carbons (Fsp3) is 1.00. The molecule has 2 aliphatic rings. The number of aliphatic hydroxyl groups excluding tert-OH is 1. The first-order valence-electron chi connectivity index (χ1n) is 7.15. The van der Waals surface area contributed by atoms with Crippen molar-refractivity contribution in [1.29, 1.82) is 0 Å². The zero-order valence-electron chi connectivity index (χ0n) is 11.2. The van der Waals surface area contributed by atoms with Crippen LogP contribution >= 0.6 is 0 Å². The molecule has 1 saturated carbocycles. The van der Waals surface area contributed by atoms with Crippen LogP contribution in [0.5, 0.6) is 0 Å². The third kappa shape index (κ3) is 3.43. The second-order valence-corrected chi connectivity index (χ2v) is 6.02. The third-order valence-electron chi connectivity index (χ3n) is 4.52. The number of rotatable bonds is 4. The smallest absolute Gasteiger partial charge is 0.0556 e. The van der Waals surface area contributed by atoms with Gasteiger partial charge >= 0.3 is 0 Å². The molecule has 0 aromatic rings. The van der Waals surface area contributed by atoms with Crippen LogP contribution in [0.15, 0.2) is 0 Å². The van der Waals surface area contributed by atoms with Gasteiger partial charge in [-0.3, -0.25) is 0 Å². The molecule has 1 saturated heterocycles. The largest absolute Gasteiger partial charge is 0.396 e. The van der Waals surface area contributed by atoms with Gasteiger partial charge in [-0.05, 0) is 32.7 Å². The molecular formula is C14H27NO2. The molecule has 0 amide bonds. The van der Waals surface area contributed by atoms with Crippen LogP contribution in [-0.4, -0.2) is 49.5 Å². The van der Waals surface area contributed by atoms with Crippen molar-refractivity contribution < 1.29 is 9.84 Å². The van der Waals surface area contributed by atoms with E-state index < -0.39 is 0 Å². The lowest BCUT2D eigenvalue weighted by Crippen LogP contribution is -2.47. The molecule has 1 unspecified atom stereocenters. The van der Waals surface area contributed by atoms with Crippen LogP contribution in [0, 0.1) is 5.41 Å². The van der Waals surface area contributed by atoms with Crippen molar-refractivity contribution in [3.8, 4) is 0 Å². The minimum Gasteiger partial charge on any atom is -0.396 e. The van der Waals surface area contributed by atoms with E-state index in [1.807, 2.05) is 0 Å². The van der Waals surface area contributed by atoms with E-state index in [1.165, 1.54) is 32.1 Å². The molecule has 0 aromatic heterocycles. The SMILES string of the molecule is CN(CC1(CO)CCCOC1)C1CCCCC1. The molecule has 100 valence electrons. The summed E-state index contributed by atoms with van der Waals surface area (Å²) in [5.41, 5.74) is 0.00441.